The lowest BCUT2D eigenvalue weighted by Crippen LogP contribution is -2.57. The second kappa shape index (κ2) is 14.2. The van der Waals surface area contributed by atoms with Gasteiger partial charge in [-0.3, -0.25) is 4.79 Å². The summed E-state index contributed by atoms with van der Waals surface area (Å²) >= 11 is 0. The number of ether oxygens (including phenoxy) is 2. The van der Waals surface area contributed by atoms with Crippen LogP contribution in [0.5, 0.6) is 17.2 Å². The van der Waals surface area contributed by atoms with E-state index in [-0.39, 0.29) is 52.5 Å². The number of anilines is 2. The number of phenols is 2. The van der Waals surface area contributed by atoms with Crippen LogP contribution in [0.1, 0.15) is 72.6 Å². The minimum Gasteiger partial charge on any atom is -0.508 e. The minimum absolute atomic E-state index is 0.0162. The highest BCUT2D eigenvalue weighted by Crippen LogP contribution is 2.55. The van der Waals surface area contributed by atoms with Gasteiger partial charge in [0.1, 0.15) is 63.9 Å². The standard InChI is InChI=1S/C42H40N4O8/c1-4-22(2)41(51)53-32-19-30-38(50)36-31(49)18-28(21-47)52-40(36)37-35(25-13-14-45-34(44)17-25)29(24-7-5-9-27(48)16-24)10-6-8-26(42(32,3)54-39(30)37)15-23-11-12-33(43)46-20-23/h4-5,7,9,11-14,16-18,20,26,29,32,35,47-48,50H,8,15,19,21H2,1-3H3,(H2,43,46)(H2,44,45)/b22-4-/t26-,29+,32+,35-,42-/m0/s1. The number of esters is 1. The van der Waals surface area contributed by atoms with E-state index in [1.165, 1.54) is 0 Å². The molecule has 5 aromatic rings. The SMILES string of the molecule is C/C=C(/C)C(=O)O[C@@H]1Cc2c3c(c4oc(CO)cc(=O)c4c2O)[C@@H](c2ccnc(N)c2)[C@@H](c2cccc(O)c2)C#CC[C@@H](Cc2ccc(N)nc2)[C@]1(C)O3. The number of carbonyl (C=O) groups excluding carboxylic acids is 1. The van der Waals surface area contributed by atoms with E-state index in [0.29, 0.717) is 34.5 Å². The van der Waals surface area contributed by atoms with Crippen LogP contribution in [0.25, 0.3) is 11.0 Å². The Morgan fingerprint density at radius 1 is 1.09 bits per heavy atom. The van der Waals surface area contributed by atoms with Crippen LogP contribution in [0.3, 0.4) is 0 Å². The molecule has 54 heavy (non-hydrogen) atoms. The van der Waals surface area contributed by atoms with Crippen molar-refractivity contribution in [2.45, 2.75) is 70.2 Å². The minimum atomic E-state index is -1.28. The number of nitrogens with two attached hydrogens (primary N) is 2. The molecule has 7 rings (SSSR count). The first-order chi connectivity index (χ1) is 25.9. The number of aliphatic hydroxyl groups is 1. The molecule has 12 heteroatoms. The number of carbonyl (C=O) groups is 1. The van der Waals surface area contributed by atoms with Crippen molar-refractivity contribution in [3.05, 3.63) is 122 Å². The van der Waals surface area contributed by atoms with Crippen LogP contribution in [0.2, 0.25) is 0 Å². The molecule has 0 saturated heterocycles. The Hall–Kier alpha value is -6.32. The first-order valence-corrected chi connectivity index (χ1v) is 17.6. The van der Waals surface area contributed by atoms with Crippen LogP contribution in [0.4, 0.5) is 11.6 Å². The summed E-state index contributed by atoms with van der Waals surface area (Å²) in [5.74, 6) is 4.79. The van der Waals surface area contributed by atoms with E-state index in [0.717, 1.165) is 11.6 Å². The molecule has 0 unspecified atom stereocenters. The monoisotopic (exact) mass is 728 g/mol. The number of phenolic OH excluding ortho intramolecular Hbond substituents is 2. The van der Waals surface area contributed by atoms with Gasteiger partial charge in [0, 0.05) is 59.8 Å². The Balaban J connectivity index is 1.60. The molecule has 2 aromatic carbocycles. The van der Waals surface area contributed by atoms with Gasteiger partial charge in [-0.25, -0.2) is 14.8 Å². The zero-order chi connectivity index (χ0) is 38.3. The van der Waals surface area contributed by atoms with Crippen molar-refractivity contribution in [2.24, 2.45) is 5.92 Å². The van der Waals surface area contributed by atoms with Crippen molar-refractivity contribution >= 4 is 28.6 Å². The van der Waals surface area contributed by atoms with Crippen molar-refractivity contribution in [3.8, 4) is 29.1 Å². The summed E-state index contributed by atoms with van der Waals surface area (Å²) in [5, 5.41) is 32.8. The number of aromatic hydroxyl groups is 2. The summed E-state index contributed by atoms with van der Waals surface area (Å²) < 4.78 is 19.8. The Kier molecular flexibility index (Phi) is 9.51. The third-order valence-corrected chi connectivity index (χ3v) is 10.6. The topological polar surface area (TPSA) is 204 Å². The lowest BCUT2D eigenvalue weighted by Gasteiger charge is -2.47. The van der Waals surface area contributed by atoms with Crippen molar-refractivity contribution in [3.63, 3.8) is 0 Å². The molecule has 0 spiro atoms. The number of hydrogen-bond acceptors (Lipinski definition) is 12. The van der Waals surface area contributed by atoms with Crippen molar-refractivity contribution in [1.29, 1.82) is 0 Å². The summed E-state index contributed by atoms with van der Waals surface area (Å²) in [6.45, 7) is 4.65. The van der Waals surface area contributed by atoms with Crippen LogP contribution >= 0.6 is 0 Å². The Morgan fingerprint density at radius 3 is 2.61 bits per heavy atom. The molecule has 0 radical (unpaired) electrons. The van der Waals surface area contributed by atoms with Crippen LogP contribution in [-0.4, -0.2) is 43.0 Å². The number of allylic oxidation sites excluding steroid dienone is 1. The quantitative estimate of drug-likeness (QED) is 0.0812. The van der Waals surface area contributed by atoms with Gasteiger partial charge < -0.3 is 40.7 Å². The number of nitrogen functional groups attached to an aromatic ring is 2. The molecule has 0 aliphatic carbocycles. The molecule has 2 bridgehead atoms. The second-order valence-electron chi connectivity index (χ2n) is 13.9. The first kappa shape index (κ1) is 36.1. The molecule has 0 amide bonds. The molecule has 0 fully saturated rings. The van der Waals surface area contributed by atoms with E-state index >= 15 is 0 Å². The lowest BCUT2D eigenvalue weighted by molar-refractivity contribution is -0.164. The normalized spacial score (nSPS) is 22.1. The highest BCUT2D eigenvalue weighted by atomic mass is 16.6. The Morgan fingerprint density at radius 2 is 1.91 bits per heavy atom. The number of pyridine rings is 2. The van der Waals surface area contributed by atoms with E-state index < -0.39 is 53.2 Å². The van der Waals surface area contributed by atoms with Crippen LogP contribution in [0, 0.1) is 17.8 Å². The molecule has 5 heterocycles. The predicted octanol–water partition coefficient (Wildman–Crippen LogP) is 5.40. The van der Waals surface area contributed by atoms with Crippen LogP contribution < -0.4 is 21.6 Å². The highest BCUT2D eigenvalue weighted by Gasteiger charge is 2.52. The molecule has 0 saturated carbocycles. The zero-order valence-electron chi connectivity index (χ0n) is 30.0. The van der Waals surface area contributed by atoms with Gasteiger partial charge >= 0.3 is 5.97 Å². The maximum atomic E-state index is 13.9. The lowest BCUT2D eigenvalue weighted by atomic mass is 9.71. The van der Waals surface area contributed by atoms with Crippen molar-refractivity contribution < 1.29 is 34.0 Å². The molecule has 276 valence electrons. The average Bonchev–Trinajstić information content (AvgIpc) is 3.15. The summed E-state index contributed by atoms with van der Waals surface area (Å²) in [7, 11) is 0. The molecule has 7 N–H and O–H groups in total. The van der Waals surface area contributed by atoms with Crippen molar-refractivity contribution in [2.75, 3.05) is 11.5 Å². The first-order valence-electron chi connectivity index (χ1n) is 17.6. The number of rotatable bonds is 7. The second-order valence-corrected chi connectivity index (χ2v) is 13.9. The maximum absolute atomic E-state index is 13.9. The van der Waals surface area contributed by atoms with Gasteiger partial charge in [0.05, 0.1) is 5.92 Å². The number of fused-ring (bicyclic) bond motifs is 3. The molecular weight excluding hydrogens is 688 g/mol. The molecule has 2 aliphatic heterocycles. The summed E-state index contributed by atoms with van der Waals surface area (Å²) in [5.41, 5.74) is 13.4. The van der Waals surface area contributed by atoms with E-state index in [1.54, 1.807) is 68.7 Å². The number of benzene rings is 2. The number of aliphatic hydroxyl groups excluding tert-OH is 1. The van der Waals surface area contributed by atoms with E-state index in [4.69, 9.17) is 25.4 Å². The smallest absolute Gasteiger partial charge is 0.333 e. The number of aromatic nitrogens is 2. The van der Waals surface area contributed by atoms with Gasteiger partial charge in [0.25, 0.3) is 0 Å². The zero-order valence-corrected chi connectivity index (χ0v) is 30.0. The van der Waals surface area contributed by atoms with Crippen molar-refractivity contribution in [1.82, 2.24) is 9.97 Å². The van der Waals surface area contributed by atoms with E-state index in [2.05, 4.69) is 21.8 Å². The molecule has 3 aromatic heterocycles. The molecule has 2 aliphatic rings. The van der Waals surface area contributed by atoms with Gasteiger partial charge in [-0.2, -0.15) is 0 Å². The fourth-order valence-electron chi connectivity index (χ4n) is 7.54. The summed E-state index contributed by atoms with van der Waals surface area (Å²) in [6.07, 6.45) is 4.56. The third-order valence-electron chi connectivity index (χ3n) is 10.6. The van der Waals surface area contributed by atoms with E-state index in [9.17, 15) is 24.9 Å². The number of hydrogen-bond donors (Lipinski definition) is 5. The van der Waals surface area contributed by atoms with Gasteiger partial charge in [0.15, 0.2) is 5.43 Å². The fourth-order valence-corrected chi connectivity index (χ4v) is 7.54. The summed E-state index contributed by atoms with van der Waals surface area (Å²) in [4.78, 5) is 35.9. The van der Waals surface area contributed by atoms with Crippen LogP contribution in [0.15, 0.2) is 87.9 Å². The Labute approximate surface area is 311 Å². The highest BCUT2D eigenvalue weighted by molar-refractivity contribution is 5.92. The van der Waals surface area contributed by atoms with E-state index in [1.807, 2.05) is 19.1 Å². The molecule has 5 atom stereocenters. The van der Waals surface area contributed by atoms with Gasteiger partial charge in [0.2, 0.25) is 0 Å². The maximum Gasteiger partial charge on any atom is 0.333 e. The Bertz CT molecular complexity index is 2430. The molecule has 12 nitrogen and oxygen atoms in total. The van der Waals surface area contributed by atoms with Gasteiger partial charge in [-0.05, 0) is 74.2 Å². The van der Waals surface area contributed by atoms with Crippen LogP contribution in [-0.2, 0) is 29.0 Å². The fraction of sp³-hybridized carbons (Fsp3) is 0.286. The summed E-state index contributed by atoms with van der Waals surface area (Å²) in [6, 6.07) is 14.9. The largest absolute Gasteiger partial charge is 0.508 e. The van der Waals surface area contributed by atoms with Gasteiger partial charge in [-0.1, -0.05) is 30.2 Å². The molecular formula is C42H40N4O8. The third kappa shape index (κ3) is 6.47. The number of nitrogens with zero attached hydrogens (tertiary/aromatic N) is 2. The predicted molar refractivity (Wildman–Crippen MR) is 202 cm³/mol. The van der Waals surface area contributed by atoms with Gasteiger partial charge in [-0.15, -0.1) is 5.92 Å². The average molecular weight is 729 g/mol.